The molecule has 1 saturated carbocycles. The Kier molecular flexibility index (Phi) is 2.01. The summed E-state index contributed by atoms with van der Waals surface area (Å²) in [6.45, 7) is 0. The molecule has 0 saturated heterocycles. The Hall–Kier alpha value is -0.250. The fraction of sp³-hybridized carbons (Fsp3) is 0.500. The van der Waals surface area contributed by atoms with Crippen LogP contribution in [0.5, 0.6) is 5.75 Å². The molecule has 1 aromatic carbocycles. The zero-order valence-electron chi connectivity index (χ0n) is 8.22. The molecular weight excluding hydrogens is 287 g/mol. The summed E-state index contributed by atoms with van der Waals surface area (Å²) in [5, 5.41) is 0. The molecule has 1 fully saturated rings. The van der Waals surface area contributed by atoms with E-state index in [1.807, 2.05) is 0 Å². The van der Waals surface area contributed by atoms with Crippen LogP contribution in [0.2, 0.25) is 0 Å². The molecule has 0 spiro atoms. The van der Waals surface area contributed by atoms with Gasteiger partial charge in [0.25, 0.3) is 0 Å². The highest BCUT2D eigenvalue weighted by atomic mass is 127. The third-order valence-corrected chi connectivity index (χ3v) is 4.60. The van der Waals surface area contributed by atoms with Gasteiger partial charge in [0.2, 0.25) is 0 Å². The van der Waals surface area contributed by atoms with Crippen molar-refractivity contribution < 1.29 is 4.74 Å². The first kappa shape index (κ1) is 9.01. The largest absolute Gasteiger partial charge is 0.496 e. The van der Waals surface area contributed by atoms with Crippen molar-refractivity contribution in [2.45, 2.75) is 31.1 Å². The lowest BCUT2D eigenvalue weighted by atomic mass is 9.91. The van der Waals surface area contributed by atoms with Crippen molar-refractivity contribution in [3.05, 3.63) is 26.8 Å². The van der Waals surface area contributed by atoms with E-state index in [2.05, 4.69) is 34.7 Å². The van der Waals surface area contributed by atoms with Crippen molar-refractivity contribution in [1.82, 2.24) is 0 Å². The van der Waals surface area contributed by atoms with Gasteiger partial charge in [-0.1, -0.05) is 0 Å². The van der Waals surface area contributed by atoms with Crippen LogP contribution < -0.4 is 4.74 Å². The van der Waals surface area contributed by atoms with Crippen LogP contribution in [-0.4, -0.2) is 7.11 Å². The average molecular weight is 300 g/mol. The van der Waals surface area contributed by atoms with E-state index in [4.69, 9.17) is 4.74 Å². The summed E-state index contributed by atoms with van der Waals surface area (Å²) in [4.78, 5) is 0. The molecule has 2 atom stereocenters. The Morgan fingerprint density at radius 2 is 1.93 bits per heavy atom. The number of fused-ring (bicyclic) bond motifs is 5. The maximum atomic E-state index is 5.46. The van der Waals surface area contributed by atoms with Crippen LogP contribution in [0.1, 0.15) is 42.2 Å². The molecular formula is C12H13IO. The molecule has 2 aliphatic rings. The lowest BCUT2D eigenvalue weighted by Gasteiger charge is -2.19. The van der Waals surface area contributed by atoms with Gasteiger partial charge in [-0.15, -0.1) is 0 Å². The van der Waals surface area contributed by atoms with Crippen molar-refractivity contribution in [1.29, 1.82) is 0 Å². The first-order valence-corrected chi connectivity index (χ1v) is 6.25. The van der Waals surface area contributed by atoms with E-state index >= 15 is 0 Å². The van der Waals surface area contributed by atoms with Gasteiger partial charge in [-0.2, -0.15) is 0 Å². The highest BCUT2D eigenvalue weighted by Crippen LogP contribution is 2.56. The normalized spacial score (nSPS) is 27.9. The Labute approximate surface area is 98.0 Å². The highest BCUT2D eigenvalue weighted by molar-refractivity contribution is 14.1. The van der Waals surface area contributed by atoms with Crippen molar-refractivity contribution in [3.8, 4) is 5.75 Å². The molecule has 3 rings (SSSR count). The molecule has 2 heteroatoms. The van der Waals surface area contributed by atoms with E-state index in [0.29, 0.717) is 0 Å². The second-order valence-electron chi connectivity index (χ2n) is 4.28. The standard InChI is InChI=1S/C12H13IO/c1-14-10-5-4-9(13)11-7-2-3-8(6-7)12(10)11/h4-5,7-8H,2-3,6H2,1H3. The topological polar surface area (TPSA) is 9.23 Å². The predicted molar refractivity (Wildman–Crippen MR) is 65.0 cm³/mol. The minimum Gasteiger partial charge on any atom is -0.496 e. The Bertz CT molecular complexity index is 386. The quantitative estimate of drug-likeness (QED) is 0.719. The van der Waals surface area contributed by atoms with E-state index in [1.165, 1.54) is 28.4 Å². The number of hydrogen-bond acceptors (Lipinski definition) is 1. The van der Waals surface area contributed by atoms with Crippen molar-refractivity contribution in [2.75, 3.05) is 7.11 Å². The number of hydrogen-bond donors (Lipinski definition) is 0. The molecule has 14 heavy (non-hydrogen) atoms. The van der Waals surface area contributed by atoms with Gasteiger partial charge in [0.15, 0.2) is 0 Å². The molecule has 74 valence electrons. The summed E-state index contributed by atoms with van der Waals surface area (Å²) in [6.07, 6.45) is 4.13. The van der Waals surface area contributed by atoms with Crippen LogP contribution in [0.4, 0.5) is 0 Å². The molecule has 0 N–H and O–H groups in total. The monoisotopic (exact) mass is 300 g/mol. The lowest BCUT2D eigenvalue weighted by molar-refractivity contribution is 0.405. The van der Waals surface area contributed by atoms with Crippen LogP contribution in [0.15, 0.2) is 12.1 Å². The van der Waals surface area contributed by atoms with Crippen LogP contribution in [0.3, 0.4) is 0 Å². The number of halogens is 1. The number of rotatable bonds is 1. The zero-order valence-corrected chi connectivity index (χ0v) is 10.4. The molecule has 0 heterocycles. The summed E-state index contributed by atoms with van der Waals surface area (Å²) < 4.78 is 6.90. The molecule has 0 aromatic heterocycles. The first-order valence-electron chi connectivity index (χ1n) is 5.17. The smallest absolute Gasteiger partial charge is 0.122 e. The fourth-order valence-electron chi connectivity index (χ4n) is 3.11. The second-order valence-corrected chi connectivity index (χ2v) is 5.45. The molecule has 0 radical (unpaired) electrons. The second kappa shape index (κ2) is 3.12. The van der Waals surface area contributed by atoms with Crippen LogP contribution in [-0.2, 0) is 0 Å². The third-order valence-electron chi connectivity index (χ3n) is 3.66. The van der Waals surface area contributed by atoms with Crippen molar-refractivity contribution in [2.24, 2.45) is 0 Å². The maximum Gasteiger partial charge on any atom is 0.122 e. The molecule has 2 unspecified atom stereocenters. The van der Waals surface area contributed by atoms with E-state index in [-0.39, 0.29) is 0 Å². The van der Waals surface area contributed by atoms with E-state index < -0.39 is 0 Å². The maximum absolute atomic E-state index is 5.46. The van der Waals surface area contributed by atoms with Gasteiger partial charge in [-0.3, -0.25) is 0 Å². The zero-order chi connectivity index (χ0) is 9.71. The van der Waals surface area contributed by atoms with Crippen molar-refractivity contribution in [3.63, 3.8) is 0 Å². The Morgan fingerprint density at radius 3 is 2.64 bits per heavy atom. The Morgan fingerprint density at radius 1 is 1.21 bits per heavy atom. The Balaban J connectivity index is 2.24. The molecule has 1 aromatic rings. The van der Waals surface area contributed by atoms with E-state index in [9.17, 15) is 0 Å². The third kappa shape index (κ3) is 1.06. The molecule has 0 amide bonds. The predicted octanol–water partition coefficient (Wildman–Crippen LogP) is 3.66. The molecule has 0 aliphatic heterocycles. The molecule has 2 aliphatic carbocycles. The summed E-state index contributed by atoms with van der Waals surface area (Å²) in [5.41, 5.74) is 3.12. The van der Waals surface area contributed by atoms with Gasteiger partial charge in [-0.25, -0.2) is 0 Å². The average Bonchev–Trinajstić information content (AvgIpc) is 2.79. The lowest BCUT2D eigenvalue weighted by Crippen LogP contribution is -2.03. The minimum atomic E-state index is 0.791. The van der Waals surface area contributed by atoms with E-state index in [1.54, 1.807) is 12.7 Å². The summed E-state index contributed by atoms with van der Waals surface area (Å²) in [5.74, 6) is 2.74. The number of benzene rings is 1. The highest BCUT2D eigenvalue weighted by Gasteiger charge is 2.40. The van der Waals surface area contributed by atoms with Crippen LogP contribution in [0, 0.1) is 3.57 Å². The van der Waals surface area contributed by atoms with Crippen LogP contribution in [0.25, 0.3) is 0 Å². The van der Waals surface area contributed by atoms with Crippen molar-refractivity contribution >= 4 is 22.6 Å². The summed E-state index contributed by atoms with van der Waals surface area (Å²) in [6, 6.07) is 4.32. The number of methoxy groups -OCH3 is 1. The van der Waals surface area contributed by atoms with Gasteiger partial charge in [0, 0.05) is 9.13 Å². The summed E-state index contributed by atoms with van der Waals surface area (Å²) >= 11 is 2.46. The van der Waals surface area contributed by atoms with Gasteiger partial charge in [0.05, 0.1) is 7.11 Å². The SMILES string of the molecule is COc1ccc(I)c2c1C1CCC2C1. The van der Waals surface area contributed by atoms with Crippen LogP contribution >= 0.6 is 22.6 Å². The van der Waals surface area contributed by atoms with Gasteiger partial charge in [-0.05, 0) is 71.4 Å². The first-order chi connectivity index (χ1) is 6.81. The van der Waals surface area contributed by atoms with Gasteiger partial charge < -0.3 is 4.74 Å². The van der Waals surface area contributed by atoms with Gasteiger partial charge in [0.1, 0.15) is 5.75 Å². The summed E-state index contributed by atoms with van der Waals surface area (Å²) in [7, 11) is 1.79. The molecule has 1 nitrogen and oxygen atoms in total. The van der Waals surface area contributed by atoms with E-state index in [0.717, 1.165) is 17.6 Å². The number of ether oxygens (including phenoxy) is 1. The fourth-order valence-corrected chi connectivity index (χ4v) is 4.02. The molecule has 2 bridgehead atoms. The van der Waals surface area contributed by atoms with Gasteiger partial charge >= 0.3 is 0 Å². The minimum absolute atomic E-state index is 0.791.